The van der Waals surface area contributed by atoms with E-state index < -0.39 is 12.0 Å². The summed E-state index contributed by atoms with van der Waals surface area (Å²) in [6.07, 6.45) is 1.19. The van der Waals surface area contributed by atoms with E-state index >= 15 is 0 Å². The highest BCUT2D eigenvalue weighted by Gasteiger charge is 2.26. The highest BCUT2D eigenvalue weighted by Crippen LogP contribution is 2.15. The van der Waals surface area contributed by atoms with Gasteiger partial charge in [0.1, 0.15) is 6.33 Å². The second-order valence-corrected chi connectivity index (χ2v) is 5.77. The second-order valence-electron chi connectivity index (χ2n) is 5.77. The van der Waals surface area contributed by atoms with Crippen molar-refractivity contribution in [3.8, 4) is 11.8 Å². The number of hydrogen-bond acceptors (Lipinski definition) is 5. The fourth-order valence-corrected chi connectivity index (χ4v) is 2.70. The zero-order valence-electron chi connectivity index (χ0n) is 13.3. The van der Waals surface area contributed by atoms with Crippen LogP contribution in [0.5, 0.6) is 0 Å². The van der Waals surface area contributed by atoms with Crippen molar-refractivity contribution in [3.63, 3.8) is 0 Å². The minimum atomic E-state index is -0.936. The molecule has 9 heteroatoms. The summed E-state index contributed by atoms with van der Waals surface area (Å²) in [5.41, 5.74) is 1.13. The van der Waals surface area contributed by atoms with Crippen molar-refractivity contribution >= 4 is 12.0 Å². The maximum Gasteiger partial charge on any atom is 0.407 e. The number of amides is 2. The molecule has 128 valence electrons. The Kier molecular flexibility index (Phi) is 4.61. The molecule has 1 aromatic heterocycles. The maximum absolute atomic E-state index is 12.2. The fourth-order valence-electron chi connectivity index (χ4n) is 2.70. The van der Waals surface area contributed by atoms with E-state index in [9.17, 15) is 9.59 Å². The molecule has 2 aromatic rings. The number of carbonyl (C=O) groups is 2. The Morgan fingerprint density at radius 2 is 2.28 bits per heavy atom. The molecule has 1 aliphatic heterocycles. The summed E-state index contributed by atoms with van der Waals surface area (Å²) >= 11 is 0. The zero-order chi connectivity index (χ0) is 17.8. The first kappa shape index (κ1) is 16.4. The fraction of sp³-hybridized carbons (Fsp3) is 0.312. The minimum Gasteiger partial charge on any atom is -0.465 e. The van der Waals surface area contributed by atoms with Crippen LogP contribution in [0.25, 0.3) is 5.69 Å². The van der Waals surface area contributed by atoms with Gasteiger partial charge in [-0.15, -0.1) is 5.10 Å². The monoisotopic (exact) mass is 340 g/mol. The molecule has 1 aromatic carbocycles. The molecule has 0 saturated carbocycles. The number of hydrogen-bond donors (Lipinski definition) is 2. The third-order valence-electron chi connectivity index (χ3n) is 4.04. The number of nitriles is 1. The van der Waals surface area contributed by atoms with Crippen LogP contribution >= 0.6 is 0 Å². The van der Waals surface area contributed by atoms with Crippen molar-refractivity contribution in [1.29, 1.82) is 5.26 Å². The van der Waals surface area contributed by atoms with E-state index in [1.54, 1.807) is 24.3 Å². The quantitative estimate of drug-likeness (QED) is 0.851. The van der Waals surface area contributed by atoms with Gasteiger partial charge in [0.2, 0.25) is 5.82 Å². The first-order valence-corrected chi connectivity index (χ1v) is 7.75. The Hall–Kier alpha value is -3.41. The van der Waals surface area contributed by atoms with Gasteiger partial charge in [0, 0.05) is 19.6 Å². The van der Waals surface area contributed by atoms with Gasteiger partial charge in [-0.25, -0.2) is 14.5 Å². The Morgan fingerprint density at radius 1 is 1.44 bits per heavy atom. The number of rotatable bonds is 4. The summed E-state index contributed by atoms with van der Waals surface area (Å²) < 4.78 is 1.43. The van der Waals surface area contributed by atoms with Gasteiger partial charge < -0.3 is 15.3 Å². The standard InChI is InChI=1S/C16H16N6O3/c17-7-11-2-1-3-13(6-11)22-10-19-14(20-22)15(23)18-8-12-4-5-21(9-12)16(24)25/h1-3,6,10,12H,4-5,8-9H2,(H,18,23)(H,24,25). The number of benzene rings is 1. The lowest BCUT2D eigenvalue weighted by molar-refractivity contribution is 0.0937. The first-order valence-electron chi connectivity index (χ1n) is 7.75. The van der Waals surface area contributed by atoms with Crippen LogP contribution < -0.4 is 5.32 Å². The van der Waals surface area contributed by atoms with Crippen molar-refractivity contribution in [2.45, 2.75) is 6.42 Å². The van der Waals surface area contributed by atoms with Crippen molar-refractivity contribution in [2.75, 3.05) is 19.6 Å². The maximum atomic E-state index is 12.2. The van der Waals surface area contributed by atoms with Gasteiger partial charge in [0.25, 0.3) is 5.91 Å². The van der Waals surface area contributed by atoms with Crippen LogP contribution in [0.4, 0.5) is 4.79 Å². The van der Waals surface area contributed by atoms with E-state index in [2.05, 4.69) is 15.4 Å². The smallest absolute Gasteiger partial charge is 0.407 e. The summed E-state index contributed by atoms with van der Waals surface area (Å²) in [6, 6.07) is 8.85. The third-order valence-corrected chi connectivity index (χ3v) is 4.04. The molecule has 0 bridgehead atoms. The first-order chi connectivity index (χ1) is 12.1. The molecule has 0 radical (unpaired) electrons. The molecule has 1 saturated heterocycles. The molecule has 2 amide bonds. The van der Waals surface area contributed by atoms with Crippen molar-refractivity contribution in [3.05, 3.63) is 42.0 Å². The van der Waals surface area contributed by atoms with Gasteiger partial charge in [-0.05, 0) is 30.5 Å². The topological polar surface area (TPSA) is 124 Å². The average molecular weight is 340 g/mol. The molecule has 1 unspecified atom stereocenters. The van der Waals surface area contributed by atoms with Crippen molar-refractivity contribution in [1.82, 2.24) is 25.0 Å². The van der Waals surface area contributed by atoms with Gasteiger partial charge in [-0.2, -0.15) is 5.26 Å². The largest absolute Gasteiger partial charge is 0.465 e. The zero-order valence-corrected chi connectivity index (χ0v) is 13.3. The molecule has 0 spiro atoms. The molecule has 2 heterocycles. The van der Waals surface area contributed by atoms with Crippen LogP contribution in [0, 0.1) is 17.2 Å². The minimum absolute atomic E-state index is 0.0236. The van der Waals surface area contributed by atoms with E-state index in [0.29, 0.717) is 30.9 Å². The summed E-state index contributed by atoms with van der Waals surface area (Å²) in [4.78, 5) is 28.4. The Bertz CT molecular complexity index is 840. The van der Waals surface area contributed by atoms with Crippen LogP contribution in [0.15, 0.2) is 30.6 Å². The van der Waals surface area contributed by atoms with Crippen LogP contribution in [-0.2, 0) is 0 Å². The Balaban J connectivity index is 1.59. The van der Waals surface area contributed by atoms with Crippen molar-refractivity contribution in [2.24, 2.45) is 5.92 Å². The van der Waals surface area contributed by atoms with E-state index in [1.807, 2.05) is 6.07 Å². The van der Waals surface area contributed by atoms with Crippen LogP contribution in [-0.4, -0.2) is 56.4 Å². The summed E-state index contributed by atoms with van der Waals surface area (Å²) in [7, 11) is 0. The lowest BCUT2D eigenvalue weighted by Crippen LogP contribution is -2.32. The average Bonchev–Trinajstić information content (AvgIpc) is 3.29. The molecule has 3 rings (SSSR count). The van der Waals surface area contributed by atoms with E-state index in [0.717, 1.165) is 6.42 Å². The van der Waals surface area contributed by atoms with Crippen molar-refractivity contribution < 1.29 is 14.7 Å². The molecule has 1 aliphatic rings. The van der Waals surface area contributed by atoms with Gasteiger partial charge in [0.05, 0.1) is 17.3 Å². The molecule has 2 N–H and O–H groups in total. The molecule has 0 aliphatic carbocycles. The van der Waals surface area contributed by atoms with E-state index in [1.165, 1.54) is 15.9 Å². The highest BCUT2D eigenvalue weighted by atomic mass is 16.4. The molecule has 1 atom stereocenters. The molecule has 9 nitrogen and oxygen atoms in total. The Morgan fingerprint density at radius 3 is 3.00 bits per heavy atom. The number of carboxylic acid groups (broad SMARTS) is 1. The number of aromatic nitrogens is 3. The lowest BCUT2D eigenvalue weighted by Gasteiger charge is -2.12. The number of nitrogens with zero attached hydrogens (tertiary/aromatic N) is 5. The lowest BCUT2D eigenvalue weighted by atomic mass is 10.1. The second kappa shape index (κ2) is 7.00. The third kappa shape index (κ3) is 3.74. The molecule has 25 heavy (non-hydrogen) atoms. The summed E-state index contributed by atoms with van der Waals surface area (Å²) in [5, 5.41) is 24.7. The number of nitrogens with one attached hydrogen (secondary N) is 1. The SMILES string of the molecule is N#Cc1cccc(-n2cnc(C(=O)NCC3CCN(C(=O)O)C3)n2)c1. The van der Waals surface area contributed by atoms with E-state index in [4.69, 9.17) is 10.4 Å². The molecule has 1 fully saturated rings. The summed E-state index contributed by atoms with van der Waals surface area (Å²) in [5.74, 6) is -0.297. The summed E-state index contributed by atoms with van der Waals surface area (Å²) in [6.45, 7) is 1.28. The normalized spacial score (nSPS) is 16.4. The van der Waals surface area contributed by atoms with Gasteiger partial charge in [0.15, 0.2) is 0 Å². The molecular weight excluding hydrogens is 324 g/mol. The Labute approximate surface area is 143 Å². The number of likely N-dealkylation sites (tertiary alicyclic amines) is 1. The van der Waals surface area contributed by atoms with Crippen LogP contribution in [0.2, 0.25) is 0 Å². The van der Waals surface area contributed by atoms with Crippen LogP contribution in [0.3, 0.4) is 0 Å². The van der Waals surface area contributed by atoms with Crippen LogP contribution in [0.1, 0.15) is 22.6 Å². The highest BCUT2D eigenvalue weighted by molar-refractivity contribution is 5.90. The number of carbonyl (C=O) groups excluding carboxylic acids is 1. The predicted octanol–water partition coefficient (Wildman–Crippen LogP) is 0.869. The molecular formula is C16H16N6O3. The van der Waals surface area contributed by atoms with Gasteiger partial charge >= 0.3 is 6.09 Å². The van der Waals surface area contributed by atoms with Gasteiger partial charge in [-0.1, -0.05) is 6.07 Å². The predicted molar refractivity (Wildman–Crippen MR) is 86.1 cm³/mol. The van der Waals surface area contributed by atoms with Gasteiger partial charge in [-0.3, -0.25) is 4.79 Å². The van der Waals surface area contributed by atoms with E-state index in [-0.39, 0.29) is 11.7 Å².